The zero-order valence-corrected chi connectivity index (χ0v) is 14.0. The minimum Gasteiger partial charge on any atom is -0.368 e. The van der Waals surface area contributed by atoms with Crippen LogP contribution in [0.1, 0.15) is 24.5 Å². The van der Waals surface area contributed by atoms with E-state index in [4.69, 9.17) is 0 Å². The van der Waals surface area contributed by atoms with Crippen LogP contribution in [0.3, 0.4) is 0 Å². The Labute approximate surface area is 142 Å². The fourth-order valence-corrected chi connectivity index (χ4v) is 3.30. The Hall–Kier alpha value is -2.36. The summed E-state index contributed by atoms with van der Waals surface area (Å²) in [5.41, 5.74) is 3.56. The number of rotatable bonds is 6. The van der Waals surface area contributed by atoms with Crippen molar-refractivity contribution in [2.75, 3.05) is 18.0 Å². The van der Waals surface area contributed by atoms with Crippen LogP contribution < -0.4 is 10.2 Å². The van der Waals surface area contributed by atoms with Crippen LogP contribution in [0.25, 0.3) is 0 Å². The van der Waals surface area contributed by atoms with Crippen molar-refractivity contribution in [2.45, 2.75) is 32.2 Å². The number of benzene rings is 2. The Morgan fingerprint density at radius 3 is 2.75 bits per heavy atom. The maximum absolute atomic E-state index is 12.9. The number of hydrogen-bond acceptors (Lipinski definition) is 2. The third-order valence-electron chi connectivity index (χ3n) is 4.52. The largest absolute Gasteiger partial charge is 0.368 e. The summed E-state index contributed by atoms with van der Waals surface area (Å²) in [6.07, 6.45) is 2.30. The maximum Gasteiger partial charge on any atom is 0.224 e. The first-order chi connectivity index (χ1) is 11.6. The summed E-state index contributed by atoms with van der Waals surface area (Å²) in [6, 6.07) is 15.1. The molecule has 1 heterocycles. The molecule has 24 heavy (non-hydrogen) atoms. The highest BCUT2D eigenvalue weighted by molar-refractivity contribution is 5.78. The number of anilines is 1. The highest BCUT2D eigenvalue weighted by atomic mass is 19.1. The van der Waals surface area contributed by atoms with E-state index in [0.717, 1.165) is 24.9 Å². The zero-order chi connectivity index (χ0) is 16.9. The second-order valence-corrected chi connectivity index (χ2v) is 6.38. The molecule has 3 nitrogen and oxygen atoms in total. The molecule has 0 saturated heterocycles. The highest BCUT2D eigenvalue weighted by Gasteiger charge is 2.24. The molecule has 0 fully saturated rings. The van der Waals surface area contributed by atoms with Gasteiger partial charge < -0.3 is 10.2 Å². The van der Waals surface area contributed by atoms with Gasteiger partial charge in [-0.15, -0.1) is 0 Å². The molecule has 0 saturated carbocycles. The molecule has 1 atom stereocenters. The quantitative estimate of drug-likeness (QED) is 0.826. The monoisotopic (exact) mass is 326 g/mol. The lowest BCUT2D eigenvalue weighted by Gasteiger charge is -2.24. The van der Waals surface area contributed by atoms with E-state index in [0.29, 0.717) is 19.0 Å². The molecule has 126 valence electrons. The number of nitrogens with zero attached hydrogens (tertiary/aromatic N) is 1. The van der Waals surface area contributed by atoms with Crippen LogP contribution in [-0.2, 0) is 17.6 Å². The van der Waals surface area contributed by atoms with Gasteiger partial charge in [0.1, 0.15) is 5.82 Å². The standard InChI is InChI=1S/C20H23FN2O/c1-15-13-17-5-2-3-6-19(17)23(15)12-4-11-22-20(24)14-16-7-9-18(21)10-8-16/h2-3,5-10,15H,4,11-14H2,1H3,(H,22,24)/t15-/m0/s1. The Bertz CT molecular complexity index is 699. The lowest BCUT2D eigenvalue weighted by molar-refractivity contribution is -0.120. The summed E-state index contributed by atoms with van der Waals surface area (Å²) in [6.45, 7) is 3.84. The van der Waals surface area contributed by atoms with Gasteiger partial charge in [-0.1, -0.05) is 30.3 Å². The first-order valence-electron chi connectivity index (χ1n) is 8.49. The summed E-state index contributed by atoms with van der Waals surface area (Å²) >= 11 is 0. The van der Waals surface area contributed by atoms with Crippen molar-refractivity contribution in [1.82, 2.24) is 5.32 Å². The molecule has 0 aromatic heterocycles. The van der Waals surface area contributed by atoms with Gasteiger partial charge in [0, 0.05) is 24.8 Å². The number of fused-ring (bicyclic) bond motifs is 1. The lowest BCUT2D eigenvalue weighted by Crippen LogP contribution is -2.33. The van der Waals surface area contributed by atoms with E-state index in [9.17, 15) is 9.18 Å². The Morgan fingerprint density at radius 2 is 1.96 bits per heavy atom. The molecule has 2 aromatic carbocycles. The van der Waals surface area contributed by atoms with Gasteiger partial charge in [-0.25, -0.2) is 4.39 Å². The number of halogens is 1. The SMILES string of the molecule is C[C@H]1Cc2ccccc2N1CCCNC(=O)Cc1ccc(F)cc1. The Balaban J connectivity index is 1.42. The van der Waals surface area contributed by atoms with Crippen molar-refractivity contribution >= 4 is 11.6 Å². The molecule has 1 amide bonds. The van der Waals surface area contributed by atoms with Gasteiger partial charge in [-0.2, -0.15) is 0 Å². The van der Waals surface area contributed by atoms with Crippen LogP contribution in [0.15, 0.2) is 48.5 Å². The molecule has 0 aliphatic carbocycles. The van der Waals surface area contributed by atoms with E-state index in [2.05, 4.69) is 41.4 Å². The number of para-hydroxylation sites is 1. The van der Waals surface area contributed by atoms with Crippen molar-refractivity contribution in [3.8, 4) is 0 Å². The summed E-state index contributed by atoms with van der Waals surface area (Å²) in [5.74, 6) is -0.296. The molecule has 1 N–H and O–H groups in total. The van der Waals surface area contributed by atoms with Gasteiger partial charge in [0.25, 0.3) is 0 Å². The average Bonchev–Trinajstić information content (AvgIpc) is 2.89. The van der Waals surface area contributed by atoms with E-state index in [1.54, 1.807) is 12.1 Å². The van der Waals surface area contributed by atoms with Gasteiger partial charge in [0.2, 0.25) is 5.91 Å². The number of nitrogens with one attached hydrogen (secondary N) is 1. The molecule has 4 heteroatoms. The average molecular weight is 326 g/mol. The van der Waals surface area contributed by atoms with Crippen molar-refractivity contribution in [3.63, 3.8) is 0 Å². The summed E-state index contributed by atoms with van der Waals surface area (Å²) in [7, 11) is 0. The molecule has 0 bridgehead atoms. The summed E-state index contributed by atoms with van der Waals surface area (Å²) < 4.78 is 12.9. The fraction of sp³-hybridized carbons (Fsp3) is 0.350. The van der Waals surface area contributed by atoms with E-state index in [-0.39, 0.29) is 11.7 Å². The molecule has 1 aliphatic rings. The van der Waals surface area contributed by atoms with E-state index >= 15 is 0 Å². The van der Waals surface area contributed by atoms with Gasteiger partial charge in [0.15, 0.2) is 0 Å². The Kier molecular flexibility index (Phi) is 5.14. The number of hydrogen-bond donors (Lipinski definition) is 1. The lowest BCUT2D eigenvalue weighted by atomic mass is 10.1. The van der Waals surface area contributed by atoms with Crippen molar-refractivity contribution in [3.05, 3.63) is 65.5 Å². The topological polar surface area (TPSA) is 32.3 Å². The van der Waals surface area contributed by atoms with Crippen LogP contribution in [0.5, 0.6) is 0 Å². The summed E-state index contributed by atoms with van der Waals surface area (Å²) in [4.78, 5) is 14.4. The van der Waals surface area contributed by atoms with E-state index < -0.39 is 0 Å². The van der Waals surface area contributed by atoms with Crippen LogP contribution in [0.4, 0.5) is 10.1 Å². The van der Waals surface area contributed by atoms with Crippen LogP contribution in [0, 0.1) is 5.82 Å². The highest BCUT2D eigenvalue weighted by Crippen LogP contribution is 2.31. The van der Waals surface area contributed by atoms with Gasteiger partial charge >= 0.3 is 0 Å². The van der Waals surface area contributed by atoms with Crippen molar-refractivity contribution in [1.29, 1.82) is 0 Å². The fourth-order valence-electron chi connectivity index (χ4n) is 3.30. The second kappa shape index (κ2) is 7.47. The minimum absolute atomic E-state index is 0.0171. The zero-order valence-electron chi connectivity index (χ0n) is 14.0. The second-order valence-electron chi connectivity index (χ2n) is 6.38. The third kappa shape index (κ3) is 3.94. The van der Waals surface area contributed by atoms with Gasteiger partial charge in [-0.05, 0) is 49.1 Å². The predicted octanol–water partition coefficient (Wildman–Crippen LogP) is 3.33. The number of amides is 1. The number of carbonyl (C=O) groups excluding carboxylic acids is 1. The third-order valence-corrected chi connectivity index (χ3v) is 4.52. The first kappa shape index (κ1) is 16.5. The molecular weight excluding hydrogens is 303 g/mol. The molecule has 3 rings (SSSR count). The molecule has 2 aromatic rings. The van der Waals surface area contributed by atoms with Gasteiger partial charge in [0.05, 0.1) is 6.42 Å². The van der Waals surface area contributed by atoms with Crippen molar-refractivity contribution < 1.29 is 9.18 Å². The maximum atomic E-state index is 12.9. The minimum atomic E-state index is -0.279. The smallest absolute Gasteiger partial charge is 0.224 e. The van der Waals surface area contributed by atoms with Crippen LogP contribution >= 0.6 is 0 Å². The molecule has 0 radical (unpaired) electrons. The van der Waals surface area contributed by atoms with E-state index in [1.807, 2.05) is 0 Å². The molecule has 0 spiro atoms. The Morgan fingerprint density at radius 1 is 1.21 bits per heavy atom. The molecule has 0 unspecified atom stereocenters. The van der Waals surface area contributed by atoms with Crippen LogP contribution in [-0.4, -0.2) is 25.0 Å². The van der Waals surface area contributed by atoms with Gasteiger partial charge in [-0.3, -0.25) is 4.79 Å². The first-order valence-corrected chi connectivity index (χ1v) is 8.49. The molecule has 1 aliphatic heterocycles. The summed E-state index contributed by atoms with van der Waals surface area (Å²) in [5, 5.41) is 2.95. The number of carbonyl (C=O) groups is 1. The van der Waals surface area contributed by atoms with E-state index in [1.165, 1.54) is 23.4 Å². The van der Waals surface area contributed by atoms with Crippen molar-refractivity contribution in [2.24, 2.45) is 0 Å². The predicted molar refractivity (Wildman–Crippen MR) is 94.7 cm³/mol. The van der Waals surface area contributed by atoms with Crippen LogP contribution in [0.2, 0.25) is 0 Å². The normalized spacial score (nSPS) is 16.1. The molecular formula is C20H23FN2O.